The van der Waals surface area contributed by atoms with Gasteiger partial charge in [0.25, 0.3) is 5.91 Å². The molecular weight excluding hydrogens is 272 g/mol. The predicted octanol–water partition coefficient (Wildman–Crippen LogP) is -0.475. The topological polar surface area (TPSA) is 114 Å². The second kappa shape index (κ2) is 4.39. The molecule has 0 saturated carbocycles. The molecule has 0 aliphatic carbocycles. The summed E-state index contributed by atoms with van der Waals surface area (Å²) >= 11 is 0.983. The zero-order valence-electron chi connectivity index (χ0n) is 9.50. The quantitative estimate of drug-likeness (QED) is 0.807. The van der Waals surface area contributed by atoms with Crippen LogP contribution in [-0.4, -0.2) is 58.7 Å². The summed E-state index contributed by atoms with van der Waals surface area (Å²) in [6, 6.07) is -0.0452. The van der Waals surface area contributed by atoms with Crippen LogP contribution in [-0.2, 0) is 0 Å². The molecule has 2 aromatic heterocycles. The number of carboxylic acids is 1. The first-order valence-electron chi connectivity index (χ1n) is 5.37. The molecule has 1 saturated heterocycles. The van der Waals surface area contributed by atoms with E-state index in [1.165, 1.54) is 17.1 Å². The fraction of sp³-hybridized carbons (Fsp3) is 0.333. The van der Waals surface area contributed by atoms with E-state index in [0.29, 0.717) is 18.8 Å². The molecule has 0 bridgehead atoms. The molecule has 3 heterocycles. The van der Waals surface area contributed by atoms with Gasteiger partial charge in [0.1, 0.15) is 0 Å². The van der Waals surface area contributed by atoms with E-state index >= 15 is 0 Å². The lowest BCUT2D eigenvalue weighted by atomic mass is 10.1. The molecule has 10 heteroatoms. The number of amides is 1. The Morgan fingerprint density at radius 2 is 2.16 bits per heavy atom. The summed E-state index contributed by atoms with van der Waals surface area (Å²) in [5.74, 6) is -1.30. The van der Waals surface area contributed by atoms with E-state index in [0.717, 1.165) is 11.7 Å². The van der Waals surface area contributed by atoms with Crippen molar-refractivity contribution in [2.45, 2.75) is 6.04 Å². The van der Waals surface area contributed by atoms with Gasteiger partial charge < -0.3 is 10.0 Å². The van der Waals surface area contributed by atoms with Gasteiger partial charge in [0.05, 0.1) is 30.2 Å². The third-order valence-corrected chi connectivity index (χ3v) is 3.31. The minimum absolute atomic E-state index is 0.0452. The predicted molar refractivity (Wildman–Crippen MR) is 61.8 cm³/mol. The molecule has 1 N–H and O–H groups in total. The first kappa shape index (κ1) is 11.7. The summed E-state index contributed by atoms with van der Waals surface area (Å²) in [4.78, 5) is 24.1. The van der Waals surface area contributed by atoms with Gasteiger partial charge in [0, 0.05) is 13.1 Å². The van der Waals surface area contributed by atoms with Gasteiger partial charge in [-0.1, -0.05) is 5.21 Å². The second-order valence-corrected chi connectivity index (χ2v) is 4.60. The zero-order valence-corrected chi connectivity index (χ0v) is 10.3. The van der Waals surface area contributed by atoms with E-state index in [9.17, 15) is 9.59 Å². The van der Waals surface area contributed by atoms with Crippen LogP contribution in [0, 0.1) is 0 Å². The van der Waals surface area contributed by atoms with Crippen LogP contribution in [0.2, 0.25) is 0 Å². The van der Waals surface area contributed by atoms with Gasteiger partial charge in [-0.3, -0.25) is 4.79 Å². The summed E-state index contributed by atoms with van der Waals surface area (Å²) in [6.07, 6.45) is 2.79. The van der Waals surface area contributed by atoms with Crippen LogP contribution in [0.5, 0.6) is 0 Å². The molecule has 2 aromatic rings. The summed E-state index contributed by atoms with van der Waals surface area (Å²) in [6.45, 7) is 0.914. The Balaban J connectivity index is 1.63. The van der Waals surface area contributed by atoms with Crippen molar-refractivity contribution in [1.82, 2.24) is 28.6 Å². The lowest BCUT2D eigenvalue weighted by molar-refractivity contribution is 0.0492. The monoisotopic (exact) mass is 280 g/mol. The van der Waals surface area contributed by atoms with Crippen LogP contribution in [0.4, 0.5) is 0 Å². The van der Waals surface area contributed by atoms with E-state index < -0.39 is 5.97 Å². The third-order valence-electron chi connectivity index (χ3n) is 2.83. The highest BCUT2D eigenvalue weighted by Crippen LogP contribution is 2.22. The summed E-state index contributed by atoms with van der Waals surface area (Å²) < 4.78 is 9.11. The van der Waals surface area contributed by atoms with Crippen molar-refractivity contribution in [3.05, 3.63) is 23.8 Å². The maximum atomic E-state index is 11.9. The summed E-state index contributed by atoms with van der Waals surface area (Å²) in [5, 5.41) is 16.0. The number of carboxylic acid groups (broad SMARTS) is 1. The Hall–Kier alpha value is -2.36. The number of aromatic carboxylic acids is 1. The smallest absolute Gasteiger partial charge is 0.358 e. The summed E-state index contributed by atoms with van der Waals surface area (Å²) in [5.41, 5.74) is 0.224. The SMILES string of the molecule is O=C(O)c1cn(C2CN(C(=O)c3cnsn3)C2)nn1. The van der Waals surface area contributed by atoms with E-state index in [2.05, 4.69) is 19.1 Å². The van der Waals surface area contributed by atoms with Crippen LogP contribution in [0.3, 0.4) is 0 Å². The number of likely N-dealkylation sites (tertiary alicyclic amines) is 1. The molecule has 0 spiro atoms. The normalized spacial score (nSPS) is 15.3. The van der Waals surface area contributed by atoms with Crippen molar-refractivity contribution >= 4 is 23.6 Å². The van der Waals surface area contributed by atoms with Gasteiger partial charge in [-0.2, -0.15) is 8.75 Å². The van der Waals surface area contributed by atoms with Crippen LogP contribution in [0.1, 0.15) is 27.0 Å². The first-order chi connectivity index (χ1) is 9.15. The van der Waals surface area contributed by atoms with Crippen LogP contribution >= 0.6 is 11.7 Å². The molecule has 0 atom stereocenters. The van der Waals surface area contributed by atoms with Crippen molar-refractivity contribution in [1.29, 1.82) is 0 Å². The van der Waals surface area contributed by atoms with E-state index in [-0.39, 0.29) is 17.6 Å². The molecule has 1 amide bonds. The van der Waals surface area contributed by atoms with Crippen molar-refractivity contribution in [3.63, 3.8) is 0 Å². The lowest BCUT2D eigenvalue weighted by Gasteiger charge is -2.38. The highest BCUT2D eigenvalue weighted by atomic mass is 32.1. The Labute approximate surface area is 110 Å². The Morgan fingerprint density at radius 3 is 2.74 bits per heavy atom. The van der Waals surface area contributed by atoms with Crippen LogP contribution in [0.15, 0.2) is 12.4 Å². The Bertz CT molecular complexity index is 618. The molecule has 1 aliphatic heterocycles. The molecule has 3 rings (SSSR count). The number of hydrogen-bond donors (Lipinski definition) is 1. The number of carbonyl (C=O) groups excluding carboxylic acids is 1. The van der Waals surface area contributed by atoms with Gasteiger partial charge in [-0.05, 0) is 0 Å². The zero-order chi connectivity index (χ0) is 13.4. The first-order valence-corrected chi connectivity index (χ1v) is 6.10. The van der Waals surface area contributed by atoms with Crippen molar-refractivity contribution in [2.24, 2.45) is 0 Å². The molecule has 98 valence electrons. The number of hydrogen-bond acceptors (Lipinski definition) is 7. The molecule has 1 fully saturated rings. The van der Waals surface area contributed by atoms with E-state index in [1.54, 1.807) is 4.90 Å². The molecule has 0 unspecified atom stereocenters. The fourth-order valence-electron chi connectivity index (χ4n) is 1.76. The van der Waals surface area contributed by atoms with Gasteiger partial charge in [0.15, 0.2) is 11.4 Å². The van der Waals surface area contributed by atoms with Crippen molar-refractivity contribution in [3.8, 4) is 0 Å². The average molecular weight is 280 g/mol. The fourth-order valence-corrected chi connectivity index (χ4v) is 2.17. The maximum absolute atomic E-state index is 11.9. The van der Waals surface area contributed by atoms with Crippen LogP contribution < -0.4 is 0 Å². The molecular formula is C9H8N6O3S. The number of aromatic nitrogens is 5. The molecule has 19 heavy (non-hydrogen) atoms. The minimum Gasteiger partial charge on any atom is -0.476 e. The van der Waals surface area contributed by atoms with Crippen molar-refractivity contribution < 1.29 is 14.7 Å². The number of rotatable bonds is 3. The molecule has 0 radical (unpaired) electrons. The van der Waals surface area contributed by atoms with Gasteiger partial charge >= 0.3 is 5.97 Å². The standard InChI is InChI=1S/C9H8N6O3S/c16-8(6-1-10-19-12-6)14-2-5(3-14)15-4-7(9(17)18)11-13-15/h1,4-5H,2-3H2,(H,17,18). The highest BCUT2D eigenvalue weighted by Gasteiger charge is 2.34. The highest BCUT2D eigenvalue weighted by molar-refractivity contribution is 6.99. The second-order valence-electron chi connectivity index (χ2n) is 4.05. The van der Waals surface area contributed by atoms with Gasteiger partial charge in [0.2, 0.25) is 0 Å². The molecule has 1 aliphatic rings. The van der Waals surface area contributed by atoms with E-state index in [4.69, 9.17) is 5.11 Å². The number of carbonyl (C=O) groups is 2. The third kappa shape index (κ3) is 2.05. The minimum atomic E-state index is -1.12. The average Bonchev–Trinajstić information content (AvgIpc) is 2.98. The Kier molecular flexibility index (Phi) is 2.71. The van der Waals surface area contributed by atoms with Crippen molar-refractivity contribution in [2.75, 3.05) is 13.1 Å². The lowest BCUT2D eigenvalue weighted by Crippen LogP contribution is -2.51. The Morgan fingerprint density at radius 1 is 1.37 bits per heavy atom. The van der Waals surface area contributed by atoms with Crippen LogP contribution in [0.25, 0.3) is 0 Å². The summed E-state index contributed by atoms with van der Waals surface area (Å²) in [7, 11) is 0. The molecule has 9 nitrogen and oxygen atoms in total. The van der Waals surface area contributed by atoms with E-state index in [1.807, 2.05) is 0 Å². The largest absolute Gasteiger partial charge is 0.476 e. The maximum Gasteiger partial charge on any atom is 0.358 e. The molecule has 0 aromatic carbocycles. The number of nitrogens with zero attached hydrogens (tertiary/aromatic N) is 6. The van der Waals surface area contributed by atoms with Gasteiger partial charge in [-0.25, -0.2) is 9.48 Å². The van der Waals surface area contributed by atoms with Gasteiger partial charge in [-0.15, -0.1) is 5.10 Å².